The van der Waals surface area contributed by atoms with Crippen LogP contribution in [-0.4, -0.2) is 65.8 Å². The third kappa shape index (κ3) is 7.64. The molecule has 1 N–H and O–H groups in total. The lowest BCUT2D eigenvalue weighted by Gasteiger charge is -2.39. The molecule has 2 amide bonds. The van der Waals surface area contributed by atoms with Crippen LogP contribution in [0.1, 0.15) is 57.6 Å². The van der Waals surface area contributed by atoms with Crippen molar-refractivity contribution in [3.8, 4) is 0 Å². The van der Waals surface area contributed by atoms with E-state index in [0.29, 0.717) is 29.2 Å². The zero-order valence-corrected chi connectivity index (χ0v) is 26.5. The molecule has 0 radical (unpaired) electrons. The van der Waals surface area contributed by atoms with Gasteiger partial charge in [-0.2, -0.15) is 0 Å². The van der Waals surface area contributed by atoms with E-state index in [1.807, 2.05) is 43.9 Å². The number of para-hydroxylation sites is 2. The van der Waals surface area contributed by atoms with Crippen molar-refractivity contribution in [1.82, 2.24) is 10.2 Å². The second-order valence-corrected chi connectivity index (χ2v) is 13.9. The lowest BCUT2D eigenvalue weighted by Crippen LogP contribution is -2.52. The highest BCUT2D eigenvalue weighted by Crippen LogP contribution is 2.41. The fourth-order valence-electron chi connectivity index (χ4n) is 5.52. The van der Waals surface area contributed by atoms with Crippen molar-refractivity contribution in [3.05, 3.63) is 57.6 Å². The summed E-state index contributed by atoms with van der Waals surface area (Å²) in [5.74, 6) is 1.71. The lowest BCUT2D eigenvalue weighted by molar-refractivity contribution is -0.122. The van der Waals surface area contributed by atoms with Gasteiger partial charge in [0.2, 0.25) is 5.91 Å². The number of anilines is 2. The van der Waals surface area contributed by atoms with Crippen LogP contribution in [0, 0.1) is 0 Å². The number of unbranched alkanes of at least 4 members (excludes halogenated alkanes) is 1. The molecule has 0 bridgehead atoms. The number of alkyl carbamates (subject to hydrolysis) is 1. The Labute approximate surface area is 257 Å². The van der Waals surface area contributed by atoms with E-state index in [4.69, 9.17) is 27.9 Å². The van der Waals surface area contributed by atoms with Crippen LogP contribution >= 0.6 is 35.0 Å². The van der Waals surface area contributed by atoms with Gasteiger partial charge in [-0.25, -0.2) is 4.79 Å². The van der Waals surface area contributed by atoms with Crippen LogP contribution in [0.5, 0.6) is 0 Å². The van der Waals surface area contributed by atoms with Gasteiger partial charge >= 0.3 is 6.09 Å². The quantitative estimate of drug-likeness (QED) is 0.314. The maximum atomic E-state index is 13.9. The lowest BCUT2D eigenvalue weighted by atomic mass is 10.0. The molecule has 2 aromatic carbocycles. The van der Waals surface area contributed by atoms with Crippen LogP contribution in [0.4, 0.5) is 16.2 Å². The van der Waals surface area contributed by atoms with E-state index < -0.39 is 11.7 Å². The number of benzene rings is 2. The molecular weight excluding hydrogens is 579 g/mol. The Morgan fingerprint density at radius 3 is 2.46 bits per heavy atom. The molecule has 1 saturated carbocycles. The summed E-state index contributed by atoms with van der Waals surface area (Å²) in [6.45, 7) is 8.25. The van der Waals surface area contributed by atoms with Crippen LogP contribution in [0.3, 0.4) is 0 Å². The van der Waals surface area contributed by atoms with Crippen molar-refractivity contribution >= 4 is 58.3 Å². The van der Waals surface area contributed by atoms with Gasteiger partial charge in [-0.3, -0.25) is 9.69 Å². The Bertz CT molecular complexity index is 1270. The summed E-state index contributed by atoms with van der Waals surface area (Å²) in [6.07, 6.45) is 4.51. The summed E-state index contributed by atoms with van der Waals surface area (Å²) < 4.78 is 5.27. The number of nitrogens with one attached hydrogen (secondary N) is 1. The Kier molecular flexibility index (Phi) is 9.64. The van der Waals surface area contributed by atoms with E-state index in [1.165, 1.54) is 18.5 Å². The third-order valence-corrected chi connectivity index (χ3v) is 9.46. The summed E-state index contributed by atoms with van der Waals surface area (Å²) >= 11 is 15.2. The van der Waals surface area contributed by atoms with Gasteiger partial charge in [0, 0.05) is 53.9 Å². The normalized spacial score (nSPS) is 19.3. The van der Waals surface area contributed by atoms with Crippen molar-refractivity contribution in [2.24, 2.45) is 0 Å². The molecule has 0 spiro atoms. The van der Waals surface area contributed by atoms with Crippen molar-refractivity contribution in [3.63, 3.8) is 0 Å². The first-order valence-electron chi connectivity index (χ1n) is 14.5. The predicted molar refractivity (Wildman–Crippen MR) is 169 cm³/mol. The minimum atomic E-state index is -0.506. The number of carbonyl (C=O) groups excluding carboxylic acids is 2. The van der Waals surface area contributed by atoms with Crippen LogP contribution in [0.2, 0.25) is 10.0 Å². The van der Waals surface area contributed by atoms with E-state index in [9.17, 15) is 9.59 Å². The average Bonchev–Trinajstić information content (AvgIpc) is 3.66. The van der Waals surface area contributed by atoms with Crippen LogP contribution in [-0.2, 0) is 22.5 Å². The van der Waals surface area contributed by atoms with Gasteiger partial charge in [0.15, 0.2) is 0 Å². The van der Waals surface area contributed by atoms with E-state index in [1.54, 1.807) is 11.8 Å². The monoisotopic (exact) mass is 618 g/mol. The number of amides is 2. The number of halogens is 2. The van der Waals surface area contributed by atoms with Gasteiger partial charge in [-0.05, 0) is 88.3 Å². The highest BCUT2D eigenvalue weighted by atomic mass is 35.5. The molecule has 0 aromatic heterocycles. The third-order valence-electron chi connectivity index (χ3n) is 7.69. The molecular formula is C31H40Cl2N4O3S. The molecule has 10 heteroatoms. The molecule has 222 valence electrons. The largest absolute Gasteiger partial charge is 0.444 e. The van der Waals surface area contributed by atoms with E-state index in [2.05, 4.69) is 33.3 Å². The van der Waals surface area contributed by atoms with Gasteiger partial charge in [-0.1, -0.05) is 35.3 Å². The summed E-state index contributed by atoms with van der Waals surface area (Å²) in [5.41, 5.74) is 3.63. The first kappa shape index (κ1) is 30.3. The standard InChI is InChI=1S/C31H40Cl2N4O3S/c1-31(2,3)40-30(39)34-13-7-6-8-21-16-25(33)22(17-24(21)32)18-35-20-41-19-28(35)29(38)37-15-14-36(23-11-12-23)26-9-4-5-10-27(26)37/h4-5,9-10,16-17,23,28H,6-8,11-15,18-20H2,1-3H3,(H,34,39)/t28-/m0/s1. The highest BCUT2D eigenvalue weighted by molar-refractivity contribution is 7.99. The second kappa shape index (κ2) is 13.0. The molecule has 7 nitrogen and oxygen atoms in total. The number of aryl methyl sites for hydroxylation is 1. The number of hydrogen-bond acceptors (Lipinski definition) is 6. The summed E-state index contributed by atoms with van der Waals surface area (Å²) in [4.78, 5) is 32.4. The minimum absolute atomic E-state index is 0.164. The SMILES string of the molecule is CC(C)(C)OC(=O)NCCCCc1cc(Cl)c(CN2CSC[C@H]2C(=O)N2CCN(C3CC3)c3ccccc32)cc1Cl. The minimum Gasteiger partial charge on any atom is -0.444 e. The number of hydrogen-bond donors (Lipinski definition) is 1. The van der Waals surface area contributed by atoms with Crippen molar-refractivity contribution < 1.29 is 14.3 Å². The fourth-order valence-corrected chi connectivity index (χ4v) is 7.24. The van der Waals surface area contributed by atoms with Gasteiger partial charge in [0.1, 0.15) is 5.60 Å². The molecule has 0 unspecified atom stereocenters. The van der Waals surface area contributed by atoms with Crippen molar-refractivity contribution in [2.75, 3.05) is 41.1 Å². The Balaban J connectivity index is 1.17. The van der Waals surface area contributed by atoms with Crippen molar-refractivity contribution in [2.45, 2.75) is 77.1 Å². The molecule has 1 aliphatic carbocycles. The fraction of sp³-hybridized carbons (Fsp3) is 0.548. The average molecular weight is 620 g/mol. The zero-order chi connectivity index (χ0) is 29.1. The first-order valence-corrected chi connectivity index (χ1v) is 16.4. The number of carbonyl (C=O) groups is 2. The van der Waals surface area contributed by atoms with Crippen molar-refractivity contribution in [1.29, 1.82) is 0 Å². The summed E-state index contributed by atoms with van der Waals surface area (Å²) in [5, 5.41) is 4.15. The Morgan fingerprint density at radius 1 is 1.02 bits per heavy atom. The molecule has 1 atom stereocenters. The van der Waals surface area contributed by atoms with Gasteiger partial charge in [0.05, 0.1) is 17.4 Å². The van der Waals surface area contributed by atoms with E-state index >= 15 is 0 Å². The van der Waals surface area contributed by atoms with Crippen LogP contribution < -0.4 is 15.1 Å². The van der Waals surface area contributed by atoms with Gasteiger partial charge in [0.25, 0.3) is 0 Å². The highest BCUT2D eigenvalue weighted by Gasteiger charge is 2.40. The predicted octanol–water partition coefficient (Wildman–Crippen LogP) is 6.73. The first-order chi connectivity index (χ1) is 19.6. The smallest absolute Gasteiger partial charge is 0.407 e. The van der Waals surface area contributed by atoms with Gasteiger partial charge in [-0.15, -0.1) is 11.8 Å². The molecule has 41 heavy (non-hydrogen) atoms. The Morgan fingerprint density at radius 2 is 1.73 bits per heavy atom. The number of nitrogens with zero attached hydrogens (tertiary/aromatic N) is 3. The molecule has 5 rings (SSSR count). The maximum absolute atomic E-state index is 13.9. The van der Waals surface area contributed by atoms with Crippen LogP contribution in [0.15, 0.2) is 36.4 Å². The molecule has 1 saturated heterocycles. The number of rotatable bonds is 9. The zero-order valence-electron chi connectivity index (χ0n) is 24.1. The Hall–Kier alpha value is -2.13. The van der Waals surface area contributed by atoms with E-state index in [0.717, 1.165) is 60.8 Å². The van der Waals surface area contributed by atoms with Crippen LogP contribution in [0.25, 0.3) is 0 Å². The molecule has 2 heterocycles. The maximum Gasteiger partial charge on any atom is 0.407 e. The number of thioether (sulfide) groups is 1. The second-order valence-electron chi connectivity index (χ2n) is 12.1. The molecule has 3 aliphatic rings. The molecule has 2 fully saturated rings. The number of ether oxygens (including phenoxy) is 1. The molecule has 2 aromatic rings. The molecule has 2 aliphatic heterocycles. The van der Waals surface area contributed by atoms with E-state index in [-0.39, 0.29) is 11.9 Å². The topological polar surface area (TPSA) is 65.1 Å². The van der Waals surface area contributed by atoms with Gasteiger partial charge < -0.3 is 19.9 Å². The summed E-state index contributed by atoms with van der Waals surface area (Å²) in [6, 6.07) is 12.6. The number of fused-ring (bicyclic) bond motifs is 1. The summed E-state index contributed by atoms with van der Waals surface area (Å²) in [7, 11) is 0.